The first kappa shape index (κ1) is 18.6. The first-order valence-electron chi connectivity index (χ1n) is 8.67. The van der Waals surface area contributed by atoms with Gasteiger partial charge in [0.25, 0.3) is 11.5 Å². The molecule has 29 heavy (non-hydrogen) atoms. The normalized spacial score (nSPS) is 14.9. The quantitative estimate of drug-likeness (QED) is 0.388. The van der Waals surface area contributed by atoms with E-state index in [-0.39, 0.29) is 15.9 Å². The van der Waals surface area contributed by atoms with Crippen LogP contribution in [0.25, 0.3) is 11.8 Å². The Labute approximate surface area is 170 Å². The Bertz CT molecular complexity index is 1310. The van der Waals surface area contributed by atoms with E-state index in [0.717, 1.165) is 6.08 Å². The van der Waals surface area contributed by atoms with Crippen molar-refractivity contribution >= 4 is 35.7 Å². The summed E-state index contributed by atoms with van der Waals surface area (Å²) >= 11 is 5.17. The van der Waals surface area contributed by atoms with Crippen molar-refractivity contribution in [3.8, 4) is 11.6 Å². The van der Waals surface area contributed by atoms with Crippen LogP contribution < -0.4 is 10.5 Å². The Morgan fingerprint density at radius 3 is 2.38 bits per heavy atom. The predicted molar refractivity (Wildman–Crippen MR) is 111 cm³/mol. The molecule has 2 N–H and O–H groups in total. The molecule has 7 nitrogen and oxygen atoms in total. The largest absolute Gasteiger partial charge is 0.494 e. The van der Waals surface area contributed by atoms with Crippen LogP contribution in [0.4, 0.5) is 5.69 Å². The Morgan fingerprint density at radius 1 is 1.00 bits per heavy atom. The molecule has 0 unspecified atom stereocenters. The summed E-state index contributed by atoms with van der Waals surface area (Å²) in [6, 6.07) is 15.4. The summed E-state index contributed by atoms with van der Waals surface area (Å²) in [6.45, 7) is 0. The number of aromatic amines is 1. The molecule has 0 radical (unpaired) electrons. The molecule has 0 atom stereocenters. The molecule has 144 valence electrons. The number of hydrogen-bond donors (Lipinski definition) is 2. The van der Waals surface area contributed by atoms with Crippen LogP contribution in [0.3, 0.4) is 0 Å². The molecule has 1 aromatic heterocycles. The third-order valence-corrected chi connectivity index (χ3v) is 5.00. The Kier molecular flexibility index (Phi) is 4.48. The summed E-state index contributed by atoms with van der Waals surface area (Å²) in [6.07, 6.45) is 1.11. The maximum absolute atomic E-state index is 12.9. The fraction of sp³-hybridized carbons (Fsp3) is 0.0476. The monoisotopic (exact) mass is 405 g/mol. The summed E-state index contributed by atoms with van der Waals surface area (Å²) in [7, 11) is 1.54. The molecular weight excluding hydrogens is 390 g/mol. The maximum Gasteiger partial charge on any atom is 0.262 e. The van der Waals surface area contributed by atoms with E-state index in [1.54, 1.807) is 61.6 Å². The highest BCUT2D eigenvalue weighted by Gasteiger charge is 2.33. The molecule has 0 fully saturated rings. The lowest BCUT2D eigenvalue weighted by atomic mass is 9.94. The van der Waals surface area contributed by atoms with Crippen LogP contribution in [0, 0.1) is 4.77 Å². The number of likely N-dealkylation sites (N-methyl/N-ethyl adjacent to an activating group) is 1. The smallest absolute Gasteiger partial charge is 0.262 e. The number of amides is 1. The summed E-state index contributed by atoms with van der Waals surface area (Å²) < 4.78 is 1.25. The maximum atomic E-state index is 12.9. The number of nitrogens with one attached hydrogen (secondary N) is 1. The van der Waals surface area contributed by atoms with E-state index in [9.17, 15) is 19.5 Å². The van der Waals surface area contributed by atoms with Crippen LogP contribution >= 0.6 is 12.2 Å². The van der Waals surface area contributed by atoms with Crippen molar-refractivity contribution in [3.05, 3.63) is 86.4 Å². The summed E-state index contributed by atoms with van der Waals surface area (Å²) in [4.78, 5) is 41.9. The lowest BCUT2D eigenvalue weighted by Gasteiger charge is -2.26. The first-order valence-corrected chi connectivity index (χ1v) is 9.08. The molecule has 2 aromatic carbocycles. The summed E-state index contributed by atoms with van der Waals surface area (Å²) in [5.41, 5.74) is 0.199. The van der Waals surface area contributed by atoms with Gasteiger partial charge in [-0.05, 0) is 42.6 Å². The number of H-pyrrole nitrogens is 1. The van der Waals surface area contributed by atoms with E-state index in [2.05, 4.69) is 4.98 Å². The zero-order chi connectivity index (χ0) is 20.7. The SMILES string of the molecule is CN1C(=O)/C(=C\c2c(O)n(-c3ccccc3)c(=S)[nH]c2=O)C(=O)c2ccccc21. The molecule has 0 saturated heterocycles. The van der Waals surface area contributed by atoms with E-state index in [1.807, 2.05) is 0 Å². The van der Waals surface area contributed by atoms with Crippen molar-refractivity contribution in [2.45, 2.75) is 0 Å². The van der Waals surface area contributed by atoms with Crippen LogP contribution in [-0.4, -0.2) is 33.4 Å². The summed E-state index contributed by atoms with van der Waals surface area (Å²) in [5, 5.41) is 10.8. The zero-order valence-electron chi connectivity index (χ0n) is 15.2. The fourth-order valence-electron chi connectivity index (χ4n) is 3.25. The predicted octanol–water partition coefficient (Wildman–Crippen LogP) is 2.84. The van der Waals surface area contributed by atoms with Gasteiger partial charge in [-0.2, -0.15) is 0 Å². The van der Waals surface area contributed by atoms with Crippen LogP contribution in [0.5, 0.6) is 5.88 Å². The topological polar surface area (TPSA) is 95.4 Å². The van der Waals surface area contributed by atoms with E-state index in [1.165, 1.54) is 9.47 Å². The number of rotatable bonds is 2. The van der Waals surface area contributed by atoms with Gasteiger partial charge in [-0.15, -0.1) is 0 Å². The third-order valence-electron chi connectivity index (χ3n) is 4.71. The number of ketones is 1. The molecule has 0 bridgehead atoms. The summed E-state index contributed by atoms with van der Waals surface area (Å²) in [5.74, 6) is -1.54. The van der Waals surface area contributed by atoms with Crippen molar-refractivity contribution in [1.29, 1.82) is 0 Å². The Hall–Kier alpha value is -3.78. The number of benzene rings is 2. The van der Waals surface area contributed by atoms with E-state index in [4.69, 9.17) is 12.2 Å². The van der Waals surface area contributed by atoms with Crippen molar-refractivity contribution in [2.75, 3.05) is 11.9 Å². The Balaban J connectivity index is 1.94. The second-order valence-corrected chi connectivity index (χ2v) is 6.82. The third kappa shape index (κ3) is 2.99. The minimum atomic E-state index is -0.700. The molecule has 0 aliphatic carbocycles. The number of para-hydroxylation sites is 2. The minimum absolute atomic E-state index is 0.00962. The molecule has 0 saturated carbocycles. The molecule has 0 spiro atoms. The highest BCUT2D eigenvalue weighted by molar-refractivity contribution is 7.71. The van der Waals surface area contributed by atoms with Gasteiger partial charge in [0.05, 0.1) is 16.9 Å². The molecular formula is C21H15N3O4S. The number of aromatic nitrogens is 2. The zero-order valence-corrected chi connectivity index (χ0v) is 16.1. The number of aromatic hydroxyl groups is 1. The van der Waals surface area contributed by atoms with Crippen LogP contribution in [0.15, 0.2) is 65.0 Å². The molecule has 1 aliphatic rings. The highest BCUT2D eigenvalue weighted by atomic mass is 32.1. The van der Waals surface area contributed by atoms with E-state index >= 15 is 0 Å². The van der Waals surface area contributed by atoms with Gasteiger partial charge in [0.15, 0.2) is 4.77 Å². The van der Waals surface area contributed by atoms with Crippen LogP contribution in [-0.2, 0) is 4.79 Å². The van der Waals surface area contributed by atoms with Gasteiger partial charge in [0.2, 0.25) is 11.7 Å². The average molecular weight is 405 g/mol. The van der Waals surface area contributed by atoms with Gasteiger partial charge >= 0.3 is 0 Å². The first-order chi connectivity index (χ1) is 13.9. The lowest BCUT2D eigenvalue weighted by Crippen LogP contribution is -2.36. The minimum Gasteiger partial charge on any atom is -0.494 e. The number of nitrogens with zero attached hydrogens (tertiary/aromatic N) is 2. The van der Waals surface area contributed by atoms with Gasteiger partial charge in [0, 0.05) is 12.6 Å². The number of hydrogen-bond acceptors (Lipinski definition) is 5. The van der Waals surface area contributed by atoms with Crippen LogP contribution in [0.2, 0.25) is 0 Å². The molecule has 3 aromatic rings. The van der Waals surface area contributed by atoms with E-state index < -0.39 is 23.1 Å². The molecule has 4 rings (SSSR count). The number of carbonyl (C=O) groups excluding carboxylic acids is 2. The average Bonchev–Trinajstić information content (AvgIpc) is 2.72. The van der Waals surface area contributed by atoms with Crippen molar-refractivity contribution < 1.29 is 14.7 Å². The van der Waals surface area contributed by atoms with Gasteiger partial charge < -0.3 is 10.0 Å². The van der Waals surface area contributed by atoms with Crippen molar-refractivity contribution in [3.63, 3.8) is 0 Å². The fourth-order valence-corrected chi connectivity index (χ4v) is 3.53. The van der Waals surface area contributed by atoms with Crippen molar-refractivity contribution in [1.82, 2.24) is 9.55 Å². The molecule has 8 heteroatoms. The van der Waals surface area contributed by atoms with Crippen molar-refractivity contribution in [2.24, 2.45) is 0 Å². The number of fused-ring (bicyclic) bond motifs is 1. The van der Waals surface area contributed by atoms with Gasteiger partial charge in [-0.1, -0.05) is 30.3 Å². The number of anilines is 1. The van der Waals surface area contributed by atoms with Gasteiger partial charge in [-0.25, -0.2) is 0 Å². The van der Waals surface area contributed by atoms with Gasteiger partial charge in [0.1, 0.15) is 5.56 Å². The number of Topliss-reactive ketones (excluding diaryl/α,β-unsaturated/α-hetero) is 1. The highest BCUT2D eigenvalue weighted by Crippen LogP contribution is 2.31. The van der Waals surface area contributed by atoms with E-state index in [0.29, 0.717) is 16.9 Å². The number of carbonyl (C=O) groups is 2. The Morgan fingerprint density at radius 2 is 1.66 bits per heavy atom. The van der Waals surface area contributed by atoms with Gasteiger partial charge in [-0.3, -0.25) is 23.9 Å². The second kappa shape index (κ2) is 6.99. The standard InChI is InChI=1S/C21H15N3O4S/c1-23-16-10-6-5-9-13(16)17(25)14(19(23)27)11-15-18(26)22-21(29)24(20(15)28)12-7-3-2-4-8-12/h2-11,28H,1H3,(H,22,26,29)/b14-11-. The molecule has 2 heterocycles. The molecule has 1 aliphatic heterocycles. The lowest BCUT2D eigenvalue weighted by molar-refractivity contribution is -0.114. The van der Waals surface area contributed by atoms with Crippen LogP contribution in [0.1, 0.15) is 15.9 Å². The second-order valence-electron chi connectivity index (χ2n) is 6.44. The molecule has 1 amide bonds.